The molecular weight excluding hydrogens is 307 g/mol. The smallest absolute Gasteiger partial charge is 0.306 e. The number of H-pyrrole nitrogens is 1. The highest BCUT2D eigenvalue weighted by Crippen LogP contribution is 2.46. The first-order valence-electron chi connectivity index (χ1n) is 8.36. The third-order valence-corrected chi connectivity index (χ3v) is 5.18. The van der Waals surface area contributed by atoms with E-state index in [0.29, 0.717) is 16.5 Å². The normalized spacial score (nSPS) is 19.8. The first kappa shape index (κ1) is 16.5. The molecule has 1 unspecified atom stereocenters. The Morgan fingerprint density at radius 1 is 1.50 bits per heavy atom. The summed E-state index contributed by atoms with van der Waals surface area (Å²) in [6.45, 7) is 2.08. The summed E-state index contributed by atoms with van der Waals surface area (Å²) >= 11 is 0. The van der Waals surface area contributed by atoms with Gasteiger partial charge in [0.15, 0.2) is 0 Å². The van der Waals surface area contributed by atoms with Gasteiger partial charge in [-0.3, -0.25) is 4.79 Å². The van der Waals surface area contributed by atoms with Gasteiger partial charge in [0.25, 0.3) is 0 Å². The molecular formula is C19H21FN2O2. The Labute approximate surface area is 140 Å². The van der Waals surface area contributed by atoms with E-state index in [9.17, 15) is 14.4 Å². The summed E-state index contributed by atoms with van der Waals surface area (Å²) in [4.78, 5) is 15.2. The van der Waals surface area contributed by atoms with Crippen molar-refractivity contribution < 1.29 is 13.9 Å². The van der Waals surface area contributed by atoms with Crippen molar-refractivity contribution in [2.75, 3.05) is 7.11 Å². The first-order valence-corrected chi connectivity index (χ1v) is 8.36. The number of nitriles is 1. The van der Waals surface area contributed by atoms with E-state index in [4.69, 9.17) is 4.74 Å². The Morgan fingerprint density at radius 3 is 2.96 bits per heavy atom. The number of nitrogens with one attached hydrogen (secondary N) is 1. The van der Waals surface area contributed by atoms with Crippen LogP contribution in [0.15, 0.2) is 12.1 Å². The van der Waals surface area contributed by atoms with Crippen molar-refractivity contribution in [3.8, 4) is 6.07 Å². The number of nitrogens with zero attached hydrogens (tertiary/aromatic N) is 1. The zero-order valence-electron chi connectivity index (χ0n) is 14.0. The summed E-state index contributed by atoms with van der Waals surface area (Å²) < 4.78 is 19.2. The molecule has 3 rings (SSSR count). The maximum absolute atomic E-state index is 14.3. The highest BCUT2D eigenvalue weighted by atomic mass is 19.1. The van der Waals surface area contributed by atoms with Crippen molar-refractivity contribution >= 4 is 16.9 Å². The van der Waals surface area contributed by atoms with E-state index in [-0.39, 0.29) is 23.6 Å². The van der Waals surface area contributed by atoms with Gasteiger partial charge in [-0.25, -0.2) is 4.39 Å². The molecule has 24 heavy (non-hydrogen) atoms. The molecule has 0 saturated heterocycles. The number of carbonyl (C=O) groups excluding carboxylic acids is 1. The van der Waals surface area contributed by atoms with Crippen molar-refractivity contribution in [1.82, 2.24) is 4.98 Å². The molecule has 1 atom stereocenters. The monoisotopic (exact) mass is 328 g/mol. The standard InChI is InChI=1S/C19H21FN2O2/c1-3-8-19(10-15(23)24-2)9-4-5-13-16-12(11-21)6-7-14(20)17(16)22-18(13)19/h6-7,22H,3-5,8-10H2,1-2H3. The van der Waals surface area contributed by atoms with E-state index in [2.05, 4.69) is 18.0 Å². The molecule has 1 aromatic heterocycles. The second kappa shape index (κ2) is 6.27. The Hall–Kier alpha value is -2.35. The number of carbonyl (C=O) groups is 1. The number of benzene rings is 1. The van der Waals surface area contributed by atoms with Gasteiger partial charge < -0.3 is 9.72 Å². The quantitative estimate of drug-likeness (QED) is 0.859. The predicted molar refractivity (Wildman–Crippen MR) is 89.1 cm³/mol. The molecule has 1 aliphatic carbocycles. The van der Waals surface area contributed by atoms with E-state index in [1.165, 1.54) is 19.2 Å². The second-order valence-corrected chi connectivity index (χ2v) is 6.57. The minimum absolute atomic E-state index is 0.254. The van der Waals surface area contributed by atoms with Crippen molar-refractivity contribution in [2.45, 2.75) is 50.9 Å². The lowest BCUT2D eigenvalue weighted by Crippen LogP contribution is -2.34. The number of ether oxygens (including phenoxy) is 1. The molecule has 1 aliphatic rings. The fourth-order valence-corrected chi connectivity index (χ4v) is 4.20. The number of aryl methyl sites for hydroxylation is 1. The molecule has 1 aromatic carbocycles. The molecule has 0 bridgehead atoms. The highest BCUT2D eigenvalue weighted by molar-refractivity contribution is 5.91. The number of hydrogen-bond acceptors (Lipinski definition) is 3. The van der Waals surface area contributed by atoms with Crippen LogP contribution in [0.1, 0.15) is 55.8 Å². The van der Waals surface area contributed by atoms with Gasteiger partial charge in [0.05, 0.1) is 30.7 Å². The van der Waals surface area contributed by atoms with Gasteiger partial charge in [0.2, 0.25) is 0 Å². The van der Waals surface area contributed by atoms with E-state index in [1.807, 2.05) is 0 Å². The average molecular weight is 328 g/mol. The van der Waals surface area contributed by atoms with Gasteiger partial charge in [-0.05, 0) is 43.4 Å². The lowest BCUT2D eigenvalue weighted by molar-refractivity contribution is -0.142. The van der Waals surface area contributed by atoms with E-state index in [1.54, 1.807) is 0 Å². The fourth-order valence-electron chi connectivity index (χ4n) is 4.20. The summed E-state index contributed by atoms with van der Waals surface area (Å²) in [5, 5.41) is 10.1. The number of fused-ring (bicyclic) bond motifs is 3. The number of esters is 1. The summed E-state index contributed by atoms with van der Waals surface area (Å²) in [7, 11) is 1.39. The fraction of sp³-hybridized carbons (Fsp3) is 0.474. The number of aromatic amines is 1. The van der Waals surface area contributed by atoms with Gasteiger partial charge in [-0.1, -0.05) is 13.3 Å². The maximum atomic E-state index is 14.3. The van der Waals surface area contributed by atoms with Crippen LogP contribution in [0.5, 0.6) is 0 Å². The summed E-state index contributed by atoms with van der Waals surface area (Å²) in [6, 6.07) is 5.02. The molecule has 0 fully saturated rings. The second-order valence-electron chi connectivity index (χ2n) is 6.57. The van der Waals surface area contributed by atoms with Crippen LogP contribution < -0.4 is 0 Å². The van der Waals surface area contributed by atoms with Gasteiger partial charge >= 0.3 is 5.97 Å². The van der Waals surface area contributed by atoms with Crippen LogP contribution in [-0.2, 0) is 21.4 Å². The van der Waals surface area contributed by atoms with Crippen molar-refractivity contribution in [3.05, 3.63) is 34.8 Å². The number of methoxy groups -OCH3 is 1. The van der Waals surface area contributed by atoms with Crippen molar-refractivity contribution in [1.29, 1.82) is 5.26 Å². The molecule has 1 N–H and O–H groups in total. The largest absolute Gasteiger partial charge is 0.469 e. The topological polar surface area (TPSA) is 65.9 Å². The number of hydrogen-bond donors (Lipinski definition) is 1. The van der Waals surface area contributed by atoms with Crippen LogP contribution in [0.2, 0.25) is 0 Å². The molecule has 4 nitrogen and oxygen atoms in total. The van der Waals surface area contributed by atoms with Crippen LogP contribution in [0.4, 0.5) is 4.39 Å². The lowest BCUT2D eigenvalue weighted by Gasteiger charge is -2.36. The molecule has 0 aliphatic heterocycles. The van der Waals surface area contributed by atoms with Crippen molar-refractivity contribution in [3.63, 3.8) is 0 Å². The first-order chi connectivity index (χ1) is 11.6. The third-order valence-electron chi connectivity index (χ3n) is 5.18. The van der Waals surface area contributed by atoms with Gasteiger partial charge in [0.1, 0.15) is 5.82 Å². The summed E-state index contributed by atoms with van der Waals surface area (Å²) in [6.07, 6.45) is 4.59. The molecule has 0 saturated carbocycles. The van der Waals surface area contributed by atoms with E-state index >= 15 is 0 Å². The van der Waals surface area contributed by atoms with Crippen molar-refractivity contribution in [2.24, 2.45) is 0 Å². The Kier molecular flexibility index (Phi) is 4.31. The number of halogens is 1. The SMILES string of the molecule is CCCC1(CC(=O)OC)CCCc2c1[nH]c1c(F)ccc(C#N)c21. The maximum Gasteiger partial charge on any atom is 0.306 e. The molecule has 5 heteroatoms. The number of aromatic nitrogens is 1. The zero-order valence-corrected chi connectivity index (χ0v) is 14.0. The van der Waals surface area contributed by atoms with E-state index in [0.717, 1.165) is 43.4 Å². The molecule has 0 radical (unpaired) electrons. The minimum atomic E-state index is -0.367. The predicted octanol–water partition coefficient (Wildman–Crippen LogP) is 4.12. The molecule has 2 aromatic rings. The summed E-state index contributed by atoms with van der Waals surface area (Å²) in [5.74, 6) is -0.613. The Bertz CT molecular complexity index is 834. The van der Waals surface area contributed by atoms with Crippen LogP contribution in [0.3, 0.4) is 0 Å². The zero-order chi connectivity index (χ0) is 17.3. The minimum Gasteiger partial charge on any atom is -0.469 e. The van der Waals surface area contributed by atoms with Crippen LogP contribution in [0, 0.1) is 17.1 Å². The molecule has 1 heterocycles. The Balaban J connectivity index is 2.26. The third kappa shape index (κ3) is 2.47. The summed E-state index contributed by atoms with van der Waals surface area (Å²) in [5.41, 5.74) is 2.40. The van der Waals surface area contributed by atoms with Crippen LogP contribution in [0.25, 0.3) is 10.9 Å². The van der Waals surface area contributed by atoms with Crippen LogP contribution >= 0.6 is 0 Å². The van der Waals surface area contributed by atoms with Crippen LogP contribution in [-0.4, -0.2) is 18.1 Å². The molecule has 0 spiro atoms. The Morgan fingerprint density at radius 2 is 2.29 bits per heavy atom. The van der Waals surface area contributed by atoms with Gasteiger partial charge in [-0.15, -0.1) is 0 Å². The number of rotatable bonds is 4. The molecule has 126 valence electrons. The average Bonchev–Trinajstić information content (AvgIpc) is 2.98. The lowest BCUT2D eigenvalue weighted by atomic mass is 9.68. The van der Waals surface area contributed by atoms with Gasteiger partial charge in [0, 0.05) is 16.5 Å². The molecule has 0 amide bonds. The van der Waals surface area contributed by atoms with E-state index < -0.39 is 0 Å². The van der Waals surface area contributed by atoms with Gasteiger partial charge in [-0.2, -0.15) is 5.26 Å². The highest BCUT2D eigenvalue weighted by Gasteiger charge is 2.41.